The first-order valence-electron chi connectivity index (χ1n) is 8.37. The molecule has 1 aromatic heterocycles. The number of carbonyl (C=O) groups is 1. The lowest BCUT2D eigenvalue weighted by atomic mass is 9.86. The van der Waals surface area contributed by atoms with E-state index in [1.54, 1.807) is 24.3 Å². The summed E-state index contributed by atoms with van der Waals surface area (Å²) in [5.41, 5.74) is 7.75. The molecule has 126 valence electrons. The normalized spacial score (nSPS) is 20.6. The van der Waals surface area contributed by atoms with Crippen molar-refractivity contribution in [1.82, 2.24) is 10.3 Å². The predicted molar refractivity (Wildman–Crippen MR) is 91.9 cm³/mol. The minimum absolute atomic E-state index is 0.122. The summed E-state index contributed by atoms with van der Waals surface area (Å²) in [6, 6.07) is 10.0. The summed E-state index contributed by atoms with van der Waals surface area (Å²) < 4.78 is 13.3. The Morgan fingerprint density at radius 2 is 2.00 bits per heavy atom. The summed E-state index contributed by atoms with van der Waals surface area (Å²) in [5, 5.41) is 2.97. The van der Waals surface area contributed by atoms with Crippen LogP contribution in [0.4, 0.5) is 4.39 Å². The number of nitrogens with one attached hydrogen (secondary N) is 1. The minimum Gasteiger partial charge on any atom is -0.352 e. The maximum atomic E-state index is 13.3. The number of pyridine rings is 1. The van der Waals surface area contributed by atoms with Gasteiger partial charge in [0.05, 0.1) is 11.3 Å². The lowest BCUT2D eigenvalue weighted by molar-refractivity contribution is 0.0942. The quantitative estimate of drug-likeness (QED) is 0.906. The number of amides is 1. The molecular formula is C19H22FN3O. The van der Waals surface area contributed by atoms with Crippen molar-refractivity contribution >= 4 is 5.91 Å². The summed E-state index contributed by atoms with van der Waals surface area (Å²) in [6.07, 6.45) is 5.73. The van der Waals surface area contributed by atoms with Gasteiger partial charge in [-0.05, 0) is 55.9 Å². The number of halogens is 1. The molecule has 0 atom stereocenters. The van der Waals surface area contributed by atoms with Crippen molar-refractivity contribution in [1.29, 1.82) is 0 Å². The van der Waals surface area contributed by atoms with E-state index in [9.17, 15) is 9.18 Å². The van der Waals surface area contributed by atoms with Gasteiger partial charge in [0.1, 0.15) is 5.82 Å². The van der Waals surface area contributed by atoms with Crippen LogP contribution in [0, 0.1) is 11.7 Å². The average molecular weight is 327 g/mol. The van der Waals surface area contributed by atoms with Gasteiger partial charge in [0.25, 0.3) is 5.91 Å². The molecule has 24 heavy (non-hydrogen) atoms. The van der Waals surface area contributed by atoms with E-state index in [1.807, 2.05) is 0 Å². The maximum absolute atomic E-state index is 13.3. The average Bonchev–Trinajstić information content (AvgIpc) is 2.61. The van der Waals surface area contributed by atoms with E-state index in [0.717, 1.165) is 25.7 Å². The molecule has 3 N–H and O–H groups in total. The fraction of sp³-hybridized carbons (Fsp3) is 0.368. The van der Waals surface area contributed by atoms with E-state index in [4.69, 9.17) is 5.73 Å². The van der Waals surface area contributed by atoms with Crippen LogP contribution in [-0.2, 0) is 0 Å². The smallest absolute Gasteiger partial charge is 0.252 e. The van der Waals surface area contributed by atoms with Crippen molar-refractivity contribution < 1.29 is 9.18 Å². The zero-order valence-electron chi connectivity index (χ0n) is 13.5. The second-order valence-electron chi connectivity index (χ2n) is 6.43. The molecule has 4 nitrogen and oxygen atoms in total. The number of hydrogen-bond acceptors (Lipinski definition) is 3. The third-order valence-electron chi connectivity index (χ3n) is 4.59. The van der Waals surface area contributed by atoms with Crippen molar-refractivity contribution in [2.24, 2.45) is 11.7 Å². The second kappa shape index (κ2) is 7.53. The first kappa shape index (κ1) is 16.6. The van der Waals surface area contributed by atoms with Crippen molar-refractivity contribution in [2.45, 2.75) is 31.7 Å². The highest BCUT2D eigenvalue weighted by molar-refractivity contribution is 5.94. The Balaban J connectivity index is 1.58. The largest absolute Gasteiger partial charge is 0.352 e. The Hall–Kier alpha value is -2.27. The number of hydrogen-bond donors (Lipinski definition) is 2. The van der Waals surface area contributed by atoms with E-state index in [0.29, 0.717) is 35.3 Å². The van der Waals surface area contributed by atoms with Crippen LogP contribution in [0.25, 0.3) is 11.3 Å². The van der Waals surface area contributed by atoms with Gasteiger partial charge < -0.3 is 11.1 Å². The van der Waals surface area contributed by atoms with E-state index in [2.05, 4.69) is 10.3 Å². The van der Waals surface area contributed by atoms with Crippen LogP contribution in [0.2, 0.25) is 0 Å². The Kier molecular flexibility index (Phi) is 5.20. The highest BCUT2D eigenvalue weighted by atomic mass is 19.1. The number of rotatable bonds is 4. The molecule has 1 saturated carbocycles. The van der Waals surface area contributed by atoms with E-state index in [-0.39, 0.29) is 11.7 Å². The fourth-order valence-corrected chi connectivity index (χ4v) is 3.08. The number of nitrogens with two attached hydrogens (primary N) is 1. The molecule has 0 aliphatic heterocycles. The molecule has 0 bridgehead atoms. The van der Waals surface area contributed by atoms with Crippen LogP contribution in [0.15, 0.2) is 42.6 Å². The number of nitrogens with zero attached hydrogens (tertiary/aromatic N) is 1. The SMILES string of the molecule is NC1CCC(CNC(=O)c2ccc(-c3cccc(F)c3)nc2)CC1. The van der Waals surface area contributed by atoms with Gasteiger partial charge in [-0.15, -0.1) is 0 Å². The third kappa shape index (κ3) is 4.17. The second-order valence-corrected chi connectivity index (χ2v) is 6.43. The van der Waals surface area contributed by atoms with Gasteiger partial charge in [0.2, 0.25) is 0 Å². The number of carbonyl (C=O) groups excluding carboxylic acids is 1. The zero-order chi connectivity index (χ0) is 16.9. The lowest BCUT2D eigenvalue weighted by Crippen LogP contribution is -2.34. The van der Waals surface area contributed by atoms with Crippen molar-refractivity contribution in [3.05, 3.63) is 54.0 Å². The van der Waals surface area contributed by atoms with Crippen molar-refractivity contribution in [2.75, 3.05) is 6.54 Å². The molecule has 0 spiro atoms. The molecule has 1 aliphatic carbocycles. The van der Waals surface area contributed by atoms with Gasteiger partial charge in [-0.3, -0.25) is 9.78 Å². The molecule has 1 aromatic carbocycles. The molecule has 3 rings (SSSR count). The van der Waals surface area contributed by atoms with Crippen LogP contribution in [-0.4, -0.2) is 23.5 Å². The standard InChI is InChI=1S/C19H22FN3O/c20-16-3-1-2-14(10-16)18-9-6-15(12-22-18)19(24)23-11-13-4-7-17(21)8-5-13/h1-3,6,9-10,12-13,17H,4-5,7-8,11,21H2,(H,23,24). The summed E-state index contributed by atoms with van der Waals surface area (Å²) >= 11 is 0. The first-order valence-corrected chi connectivity index (χ1v) is 8.37. The highest BCUT2D eigenvalue weighted by Gasteiger charge is 2.19. The van der Waals surface area contributed by atoms with Crippen LogP contribution < -0.4 is 11.1 Å². The fourth-order valence-electron chi connectivity index (χ4n) is 3.08. The highest BCUT2D eigenvalue weighted by Crippen LogP contribution is 2.22. The zero-order valence-corrected chi connectivity index (χ0v) is 13.5. The lowest BCUT2D eigenvalue weighted by Gasteiger charge is -2.26. The molecule has 1 aliphatic rings. The number of aromatic nitrogens is 1. The van der Waals surface area contributed by atoms with E-state index >= 15 is 0 Å². The Morgan fingerprint density at radius 3 is 2.67 bits per heavy atom. The van der Waals surface area contributed by atoms with Gasteiger partial charge >= 0.3 is 0 Å². The van der Waals surface area contributed by atoms with Crippen LogP contribution >= 0.6 is 0 Å². The monoisotopic (exact) mass is 327 g/mol. The van der Waals surface area contributed by atoms with Gasteiger partial charge in [-0.1, -0.05) is 12.1 Å². The van der Waals surface area contributed by atoms with E-state index < -0.39 is 0 Å². The molecule has 1 fully saturated rings. The van der Waals surface area contributed by atoms with E-state index in [1.165, 1.54) is 18.3 Å². The Labute approximate surface area is 141 Å². The molecular weight excluding hydrogens is 305 g/mol. The van der Waals surface area contributed by atoms with Gasteiger partial charge in [-0.25, -0.2) is 4.39 Å². The Bertz CT molecular complexity index is 694. The number of benzene rings is 1. The molecule has 5 heteroatoms. The molecule has 0 saturated heterocycles. The summed E-state index contributed by atoms with van der Waals surface area (Å²) in [6.45, 7) is 0.678. The minimum atomic E-state index is -0.302. The van der Waals surface area contributed by atoms with Crippen LogP contribution in [0.3, 0.4) is 0 Å². The van der Waals surface area contributed by atoms with Crippen molar-refractivity contribution in [3.8, 4) is 11.3 Å². The summed E-state index contributed by atoms with van der Waals surface area (Å²) in [5.74, 6) is 0.0831. The van der Waals surface area contributed by atoms with Crippen LogP contribution in [0.1, 0.15) is 36.0 Å². The maximum Gasteiger partial charge on any atom is 0.252 e. The Morgan fingerprint density at radius 1 is 1.21 bits per heavy atom. The third-order valence-corrected chi connectivity index (χ3v) is 4.59. The van der Waals surface area contributed by atoms with Gasteiger partial charge in [0.15, 0.2) is 0 Å². The molecule has 0 radical (unpaired) electrons. The van der Waals surface area contributed by atoms with Gasteiger partial charge in [-0.2, -0.15) is 0 Å². The molecule has 1 heterocycles. The molecule has 1 amide bonds. The van der Waals surface area contributed by atoms with Gasteiger partial charge in [0, 0.05) is 24.3 Å². The van der Waals surface area contributed by atoms with Crippen LogP contribution in [0.5, 0.6) is 0 Å². The summed E-state index contributed by atoms with van der Waals surface area (Å²) in [7, 11) is 0. The summed E-state index contributed by atoms with van der Waals surface area (Å²) in [4.78, 5) is 16.5. The predicted octanol–water partition coefficient (Wildman–Crippen LogP) is 3.14. The van der Waals surface area contributed by atoms with Crippen molar-refractivity contribution in [3.63, 3.8) is 0 Å². The molecule has 2 aromatic rings. The molecule has 0 unspecified atom stereocenters. The first-order chi connectivity index (χ1) is 11.6. The topological polar surface area (TPSA) is 68.0 Å².